The maximum absolute atomic E-state index is 14.6. The molecule has 0 spiro atoms. The van der Waals surface area contributed by atoms with Crippen LogP contribution in [0.5, 0.6) is 0 Å². The van der Waals surface area contributed by atoms with Crippen molar-refractivity contribution in [1.29, 1.82) is 0 Å². The van der Waals surface area contributed by atoms with Crippen LogP contribution in [0.15, 0.2) is 0 Å². The van der Waals surface area contributed by atoms with Crippen LogP contribution in [0.25, 0.3) is 0 Å². The predicted molar refractivity (Wildman–Crippen MR) is 127 cm³/mol. The van der Waals surface area contributed by atoms with Crippen LogP contribution in [0, 0.1) is 11.8 Å². The minimum absolute atomic E-state index is 0.0671. The summed E-state index contributed by atoms with van der Waals surface area (Å²) in [6.07, 6.45) is 0.436. The second-order valence-electron chi connectivity index (χ2n) is 9.33. The fourth-order valence-corrected chi connectivity index (χ4v) is 6.14. The molecular formula is C24H41F2O9P. The van der Waals surface area contributed by atoms with E-state index in [0.29, 0.717) is 38.5 Å². The Kier molecular flexibility index (Phi) is 13.0. The van der Waals surface area contributed by atoms with Gasteiger partial charge in [0.15, 0.2) is 35.5 Å². The Morgan fingerprint density at radius 3 is 1.44 bits per heavy atom. The van der Waals surface area contributed by atoms with Gasteiger partial charge in [0, 0.05) is 54.1 Å². The zero-order valence-corrected chi connectivity index (χ0v) is 22.7. The number of carbonyl (C=O) groups is 2. The number of rotatable bonds is 16. The summed E-state index contributed by atoms with van der Waals surface area (Å²) >= 11 is 0. The summed E-state index contributed by atoms with van der Waals surface area (Å²) in [6, 6.07) is 0. The van der Waals surface area contributed by atoms with Crippen LogP contribution in [0.2, 0.25) is 0 Å². The van der Waals surface area contributed by atoms with Gasteiger partial charge in [0.05, 0.1) is 25.0 Å². The first-order valence-electron chi connectivity index (χ1n) is 12.5. The number of halogens is 2. The van der Waals surface area contributed by atoms with Crippen LogP contribution in [-0.4, -0.2) is 77.1 Å². The highest BCUT2D eigenvalue weighted by Crippen LogP contribution is 2.40. The summed E-state index contributed by atoms with van der Waals surface area (Å²) in [5.41, 5.74) is 0. The lowest BCUT2D eigenvalue weighted by molar-refractivity contribution is -0.257. The van der Waals surface area contributed by atoms with Gasteiger partial charge in [0.25, 0.3) is 0 Å². The third-order valence-corrected chi connectivity index (χ3v) is 8.37. The average Bonchev–Trinajstić information content (AvgIpc) is 2.89. The van der Waals surface area contributed by atoms with E-state index in [1.165, 1.54) is 28.4 Å². The second-order valence-corrected chi connectivity index (χ2v) is 10.4. The zero-order chi connectivity index (χ0) is 26.8. The van der Waals surface area contributed by atoms with Gasteiger partial charge in [0.1, 0.15) is 0 Å². The molecule has 0 heterocycles. The molecule has 0 aromatic carbocycles. The summed E-state index contributed by atoms with van der Waals surface area (Å²) in [5.74, 6) is -4.86. The predicted octanol–water partition coefficient (Wildman–Crippen LogP) is 4.36. The first kappa shape index (κ1) is 31.4. The molecule has 0 aromatic heterocycles. The highest BCUT2D eigenvalue weighted by atomic mass is 31.1. The maximum Gasteiger partial charge on any atom is 0.319 e. The maximum atomic E-state index is 14.6. The fourth-order valence-electron chi connectivity index (χ4n) is 5.44. The quantitative estimate of drug-likeness (QED) is 0.160. The van der Waals surface area contributed by atoms with Crippen molar-refractivity contribution in [3.05, 3.63) is 0 Å². The smallest absolute Gasteiger partial charge is 0.319 e. The lowest BCUT2D eigenvalue weighted by Crippen LogP contribution is -2.50. The van der Waals surface area contributed by atoms with E-state index >= 15 is 0 Å². The molecule has 12 heteroatoms. The standard InChI is InChI=1S/C24H41F2O9P/c1-30-23(31-2,17-9-5-11-19(27)21(17)25)13-7-15-34-36(29)35-16-8-14-24(32-3,33-4)18-10-6-12-20(28)22(18)26/h17-18,21-22,36H,5-16H2,1-4H3. The Bertz CT molecular complexity index is 672. The van der Waals surface area contributed by atoms with Crippen LogP contribution < -0.4 is 0 Å². The summed E-state index contributed by atoms with van der Waals surface area (Å²) in [5, 5.41) is 0. The van der Waals surface area contributed by atoms with Gasteiger partial charge >= 0.3 is 8.25 Å². The molecule has 0 radical (unpaired) electrons. The van der Waals surface area contributed by atoms with Crippen molar-refractivity contribution >= 4 is 19.8 Å². The van der Waals surface area contributed by atoms with Crippen LogP contribution in [0.4, 0.5) is 8.78 Å². The molecule has 4 atom stereocenters. The second kappa shape index (κ2) is 15.0. The first-order valence-corrected chi connectivity index (χ1v) is 13.8. The highest BCUT2D eigenvalue weighted by Gasteiger charge is 2.49. The average molecular weight is 543 g/mol. The van der Waals surface area contributed by atoms with Crippen molar-refractivity contribution in [2.75, 3.05) is 41.7 Å². The van der Waals surface area contributed by atoms with Gasteiger partial charge in [0.2, 0.25) is 0 Å². The molecule has 2 fully saturated rings. The van der Waals surface area contributed by atoms with Crippen molar-refractivity contribution in [2.45, 2.75) is 88.1 Å². The Hall–Kier alpha value is -0.810. The van der Waals surface area contributed by atoms with E-state index in [1.807, 2.05) is 0 Å². The number of ketones is 2. The van der Waals surface area contributed by atoms with E-state index in [0.717, 1.165) is 0 Å². The van der Waals surface area contributed by atoms with Gasteiger partial charge in [-0.2, -0.15) is 0 Å². The van der Waals surface area contributed by atoms with Gasteiger partial charge in [-0.3, -0.25) is 14.2 Å². The molecule has 0 aliphatic heterocycles. The van der Waals surface area contributed by atoms with E-state index in [1.54, 1.807) is 0 Å². The number of hydrogen-bond acceptors (Lipinski definition) is 9. The molecule has 210 valence electrons. The Morgan fingerprint density at radius 1 is 0.750 bits per heavy atom. The van der Waals surface area contributed by atoms with Crippen molar-refractivity contribution in [1.82, 2.24) is 0 Å². The van der Waals surface area contributed by atoms with Gasteiger partial charge in [-0.15, -0.1) is 0 Å². The number of alkyl halides is 2. The first-order chi connectivity index (χ1) is 17.2. The monoisotopic (exact) mass is 542 g/mol. The van der Waals surface area contributed by atoms with Crippen LogP contribution in [0.1, 0.15) is 64.2 Å². The van der Waals surface area contributed by atoms with Crippen molar-refractivity contribution < 1.29 is 50.9 Å². The topological polar surface area (TPSA) is 107 Å². The third-order valence-electron chi connectivity index (χ3n) is 7.49. The number of carbonyl (C=O) groups excluding carboxylic acids is 2. The van der Waals surface area contributed by atoms with E-state index in [9.17, 15) is 22.9 Å². The zero-order valence-electron chi connectivity index (χ0n) is 21.7. The van der Waals surface area contributed by atoms with E-state index in [4.69, 9.17) is 28.0 Å². The van der Waals surface area contributed by atoms with Crippen molar-refractivity contribution in [3.8, 4) is 0 Å². The number of ether oxygens (including phenoxy) is 4. The molecule has 9 nitrogen and oxygen atoms in total. The summed E-state index contributed by atoms with van der Waals surface area (Å²) in [4.78, 5) is 23.7. The van der Waals surface area contributed by atoms with Crippen LogP contribution in [0.3, 0.4) is 0 Å². The number of hydrogen-bond donors (Lipinski definition) is 0. The molecule has 4 unspecified atom stereocenters. The molecule has 0 bridgehead atoms. The molecule has 36 heavy (non-hydrogen) atoms. The Labute approximate surface area is 212 Å². The van der Waals surface area contributed by atoms with Gasteiger partial charge in [-0.25, -0.2) is 8.78 Å². The molecular weight excluding hydrogens is 501 g/mol. The fraction of sp³-hybridized carbons (Fsp3) is 0.917. The van der Waals surface area contributed by atoms with Crippen molar-refractivity contribution in [3.63, 3.8) is 0 Å². The van der Waals surface area contributed by atoms with Gasteiger partial charge < -0.3 is 28.0 Å². The molecule has 0 aromatic rings. The van der Waals surface area contributed by atoms with E-state index in [2.05, 4.69) is 0 Å². The lowest BCUT2D eigenvalue weighted by atomic mass is 9.79. The SMILES string of the molecule is COC(CCCO[PH](=O)OCCCC(OC)(OC)C1CCCC(=O)C1F)(OC)C1CCCC(=O)C1F. The summed E-state index contributed by atoms with van der Waals surface area (Å²) in [7, 11) is 2.85. The van der Waals surface area contributed by atoms with E-state index < -0.39 is 55.6 Å². The Morgan fingerprint density at radius 2 is 1.11 bits per heavy atom. The summed E-state index contributed by atoms with van der Waals surface area (Å²) < 4.78 is 73.9. The molecule has 2 aliphatic carbocycles. The summed E-state index contributed by atoms with van der Waals surface area (Å²) in [6.45, 7) is 0.134. The lowest BCUT2D eigenvalue weighted by Gasteiger charge is -2.41. The molecule has 0 saturated heterocycles. The Balaban J connectivity index is 1.76. The molecule has 0 N–H and O–H groups in total. The van der Waals surface area contributed by atoms with Crippen LogP contribution in [-0.2, 0) is 42.1 Å². The normalized spacial score (nSPS) is 26.8. The number of Topliss-reactive ketones (excluding diaryl/α,β-unsaturated/α-hetero) is 2. The minimum Gasteiger partial charge on any atom is -0.353 e. The van der Waals surface area contributed by atoms with Crippen molar-refractivity contribution in [2.24, 2.45) is 11.8 Å². The molecule has 2 rings (SSSR count). The number of methoxy groups -OCH3 is 4. The van der Waals surface area contributed by atoms with Gasteiger partial charge in [-0.05, 0) is 38.5 Å². The van der Waals surface area contributed by atoms with Gasteiger partial charge in [-0.1, -0.05) is 0 Å². The van der Waals surface area contributed by atoms with E-state index in [-0.39, 0.29) is 38.9 Å². The molecule has 2 saturated carbocycles. The third kappa shape index (κ3) is 7.62. The highest BCUT2D eigenvalue weighted by molar-refractivity contribution is 7.33. The minimum atomic E-state index is -2.81. The largest absolute Gasteiger partial charge is 0.353 e. The molecule has 2 aliphatic rings. The van der Waals surface area contributed by atoms with Crippen LogP contribution >= 0.6 is 8.25 Å². The molecule has 0 amide bonds.